The van der Waals surface area contributed by atoms with Gasteiger partial charge < -0.3 is 17.2 Å². The van der Waals surface area contributed by atoms with Gasteiger partial charge in [-0.25, -0.2) is 0 Å². The molecule has 0 bridgehead atoms. The number of nitrogens with zero attached hydrogens (tertiary/aromatic N) is 9. The summed E-state index contributed by atoms with van der Waals surface area (Å²) < 4.78 is 0. The van der Waals surface area contributed by atoms with Crippen molar-refractivity contribution in [1.29, 1.82) is 15.8 Å². The van der Waals surface area contributed by atoms with Crippen LogP contribution in [0, 0.1) is 51.7 Å². The third kappa shape index (κ3) is 10.2. The molecule has 3 fully saturated rings. The van der Waals surface area contributed by atoms with Crippen LogP contribution in [-0.2, 0) is 0 Å². The number of fused-ring (bicyclic) bond motifs is 3. The molecule has 3 aliphatic rings. The predicted molar refractivity (Wildman–Crippen MR) is 241 cm³/mol. The molecule has 6 N–H and O–H groups in total. The molecule has 3 aromatic carbocycles. The smallest absolute Gasteiger partial charge is 0.107 e. The van der Waals surface area contributed by atoms with Crippen molar-refractivity contribution in [2.24, 2.45) is 35.0 Å². The van der Waals surface area contributed by atoms with Gasteiger partial charge in [-0.1, -0.05) is 46.4 Å². The summed E-state index contributed by atoms with van der Waals surface area (Å²) in [6, 6.07) is 19.0. The molecule has 61 heavy (non-hydrogen) atoms. The van der Waals surface area contributed by atoms with E-state index in [2.05, 4.69) is 68.9 Å². The van der Waals surface area contributed by atoms with E-state index in [1.807, 2.05) is 36.4 Å². The zero-order chi connectivity index (χ0) is 42.3. The molecule has 0 saturated heterocycles. The van der Waals surface area contributed by atoms with Gasteiger partial charge in [-0.2, -0.15) is 15.8 Å². The zero-order valence-corrected chi connectivity index (χ0v) is 34.7. The second-order valence-electron chi connectivity index (χ2n) is 17.5. The van der Waals surface area contributed by atoms with Crippen LogP contribution in [0.3, 0.4) is 0 Å². The number of hydrogen-bond acceptors (Lipinski definition) is 12. The SMILES string of the molecule is C.C[C@@H]1C[C@H](N)C[C@H](c2ccc(C#N)c3nccnc23)C1.C[C@H]1C[C@@H](N)C[C@@H](c2ccc(C#N)c3nccnc23)C1.C[C@H]1C[C@@H](N)C[C@@H](c2ccc(C#N)c3nccnc23)C1. The molecule has 12 heteroatoms. The Labute approximate surface area is 359 Å². The largest absolute Gasteiger partial charge is 0.328 e. The Bertz CT molecular complexity index is 2270. The molecule has 0 amide bonds. The molecule has 3 aromatic heterocycles. The van der Waals surface area contributed by atoms with Crippen LogP contribution < -0.4 is 17.2 Å². The van der Waals surface area contributed by atoms with E-state index in [9.17, 15) is 15.8 Å². The summed E-state index contributed by atoms with van der Waals surface area (Å²) in [6.07, 6.45) is 19.6. The van der Waals surface area contributed by atoms with Crippen molar-refractivity contribution in [3.8, 4) is 18.2 Å². The van der Waals surface area contributed by atoms with Gasteiger partial charge in [-0.05, 0) is 128 Å². The van der Waals surface area contributed by atoms with Gasteiger partial charge in [-0.3, -0.25) is 29.9 Å². The van der Waals surface area contributed by atoms with E-state index in [0.717, 1.165) is 74.3 Å². The molecule has 0 radical (unpaired) electrons. The number of benzene rings is 3. The fraction of sp³-hybridized carbons (Fsp3) is 0.449. The lowest BCUT2D eigenvalue weighted by atomic mass is 9.76. The van der Waals surface area contributed by atoms with Crippen LogP contribution in [0.25, 0.3) is 33.1 Å². The summed E-state index contributed by atoms with van der Waals surface area (Å²) in [5.41, 5.74) is 28.5. The second kappa shape index (κ2) is 20.1. The highest BCUT2D eigenvalue weighted by Crippen LogP contribution is 2.40. The summed E-state index contributed by atoms with van der Waals surface area (Å²) in [5.74, 6) is 3.14. The monoisotopic (exact) mass is 814 g/mol. The first-order valence-electron chi connectivity index (χ1n) is 21.2. The Hall–Kier alpha value is -5.97. The fourth-order valence-electron chi connectivity index (χ4n) is 10.2. The van der Waals surface area contributed by atoms with E-state index >= 15 is 0 Å². The summed E-state index contributed by atoms with van der Waals surface area (Å²) in [4.78, 5) is 26.4. The Morgan fingerprint density at radius 2 is 0.639 bits per heavy atom. The van der Waals surface area contributed by atoms with E-state index in [1.165, 1.54) is 16.7 Å². The third-order valence-electron chi connectivity index (χ3n) is 12.6. The van der Waals surface area contributed by atoms with Gasteiger partial charge >= 0.3 is 0 Å². The maximum Gasteiger partial charge on any atom is 0.107 e. The molecule has 9 rings (SSSR count). The summed E-state index contributed by atoms with van der Waals surface area (Å²) >= 11 is 0. The number of hydrogen-bond donors (Lipinski definition) is 3. The van der Waals surface area contributed by atoms with Crippen molar-refractivity contribution in [1.82, 2.24) is 29.9 Å². The highest BCUT2D eigenvalue weighted by Gasteiger charge is 2.30. The quantitative estimate of drug-likeness (QED) is 0.152. The van der Waals surface area contributed by atoms with Crippen molar-refractivity contribution >= 4 is 33.1 Å². The number of nitrogens with two attached hydrogens (primary N) is 3. The molecule has 3 saturated carbocycles. The van der Waals surface area contributed by atoms with Gasteiger partial charge in [-0.15, -0.1) is 0 Å². The average Bonchev–Trinajstić information content (AvgIpc) is 3.24. The molecule has 0 spiro atoms. The van der Waals surface area contributed by atoms with Crippen LogP contribution in [0.2, 0.25) is 0 Å². The molecule has 9 atom stereocenters. The highest BCUT2D eigenvalue weighted by molar-refractivity contribution is 5.85. The molecular formula is C49H58N12. The van der Waals surface area contributed by atoms with Crippen LogP contribution in [0.4, 0.5) is 0 Å². The summed E-state index contributed by atoms with van der Waals surface area (Å²) in [6.45, 7) is 6.76. The molecule has 3 aliphatic carbocycles. The van der Waals surface area contributed by atoms with Crippen LogP contribution in [0.15, 0.2) is 73.6 Å². The van der Waals surface area contributed by atoms with E-state index < -0.39 is 0 Å². The van der Waals surface area contributed by atoms with Gasteiger partial charge in [0.25, 0.3) is 0 Å². The fourth-order valence-corrected chi connectivity index (χ4v) is 10.2. The van der Waals surface area contributed by atoms with Crippen molar-refractivity contribution in [2.75, 3.05) is 0 Å². The van der Waals surface area contributed by atoms with Crippen molar-refractivity contribution in [3.63, 3.8) is 0 Å². The van der Waals surface area contributed by atoms with Gasteiger partial charge in [0.2, 0.25) is 0 Å². The van der Waals surface area contributed by atoms with Gasteiger partial charge in [0.15, 0.2) is 0 Å². The first-order chi connectivity index (χ1) is 29.1. The van der Waals surface area contributed by atoms with E-state index in [4.69, 9.17) is 17.2 Å². The number of nitriles is 3. The molecular weight excluding hydrogens is 757 g/mol. The lowest BCUT2D eigenvalue weighted by Gasteiger charge is -2.31. The molecule has 6 aromatic rings. The van der Waals surface area contributed by atoms with Crippen LogP contribution in [0.1, 0.15) is 137 Å². The van der Waals surface area contributed by atoms with Crippen LogP contribution in [0.5, 0.6) is 0 Å². The molecule has 0 unspecified atom stereocenters. The predicted octanol–water partition coefficient (Wildman–Crippen LogP) is 8.83. The standard InChI is InChI=1S/3C16H18N4.CH4/c3*1-10-6-12(8-13(18)7-10)14-3-2-11(9-17)15-16(14)20-5-4-19-15;/h3*2-5,10,12-13H,6-8,18H2,1H3;1H4/t3*10-,12+,13-;/m110./s1. The summed E-state index contributed by atoms with van der Waals surface area (Å²) in [5, 5.41) is 27.5. The maximum atomic E-state index is 9.18. The number of rotatable bonds is 3. The van der Waals surface area contributed by atoms with Crippen LogP contribution >= 0.6 is 0 Å². The average molecular weight is 815 g/mol. The number of aromatic nitrogens is 6. The minimum Gasteiger partial charge on any atom is -0.328 e. The minimum absolute atomic E-state index is 0. The first-order valence-corrected chi connectivity index (χ1v) is 21.2. The lowest BCUT2D eigenvalue weighted by Crippen LogP contribution is -2.31. The Morgan fingerprint density at radius 1 is 0.393 bits per heavy atom. The van der Waals surface area contributed by atoms with Gasteiger partial charge in [0.05, 0.1) is 33.2 Å². The van der Waals surface area contributed by atoms with Gasteiger partial charge in [0.1, 0.15) is 34.8 Å². The Morgan fingerprint density at radius 3 is 0.869 bits per heavy atom. The molecule has 0 aliphatic heterocycles. The molecule has 3 heterocycles. The van der Waals surface area contributed by atoms with Crippen LogP contribution in [-0.4, -0.2) is 48.0 Å². The van der Waals surface area contributed by atoms with E-state index in [-0.39, 0.29) is 25.6 Å². The molecule has 12 nitrogen and oxygen atoms in total. The summed E-state index contributed by atoms with van der Waals surface area (Å²) in [7, 11) is 0. The first kappa shape index (κ1) is 44.6. The van der Waals surface area contributed by atoms with E-state index in [1.54, 1.807) is 37.2 Å². The van der Waals surface area contributed by atoms with E-state index in [0.29, 0.717) is 68.7 Å². The maximum absolute atomic E-state index is 9.18. The molecule has 314 valence electrons. The Kier molecular flexibility index (Phi) is 14.7. The lowest BCUT2D eigenvalue weighted by molar-refractivity contribution is 0.309. The Balaban J connectivity index is 0.000000152. The van der Waals surface area contributed by atoms with Gasteiger partial charge in [0, 0.05) is 55.3 Å². The second-order valence-corrected chi connectivity index (χ2v) is 17.5. The normalized spacial score (nSPS) is 25.9. The minimum atomic E-state index is 0. The zero-order valence-electron chi connectivity index (χ0n) is 34.7. The van der Waals surface area contributed by atoms with Crippen molar-refractivity contribution < 1.29 is 0 Å². The van der Waals surface area contributed by atoms with Crippen molar-refractivity contribution in [2.45, 2.75) is 122 Å². The van der Waals surface area contributed by atoms with Crippen molar-refractivity contribution in [3.05, 3.63) is 107 Å². The third-order valence-corrected chi connectivity index (χ3v) is 12.6. The highest BCUT2D eigenvalue weighted by atomic mass is 14.8. The topological polar surface area (TPSA) is 227 Å².